The lowest BCUT2D eigenvalue weighted by Gasteiger charge is -2.28. The molecule has 1 atom stereocenters. The first-order valence-corrected chi connectivity index (χ1v) is 9.23. The van der Waals surface area contributed by atoms with Crippen molar-refractivity contribution in [3.05, 3.63) is 24.0 Å². The number of nitrogens with zero attached hydrogens (tertiary/aromatic N) is 1. The molecular weight excluding hydrogens is 369 g/mol. The molecule has 0 bridgehead atoms. The fourth-order valence-electron chi connectivity index (χ4n) is 2.98. The number of hydrogen-bond acceptors (Lipinski definition) is 5. The first-order valence-electron chi connectivity index (χ1n) is 9.23. The maximum Gasteiger partial charge on any atom is 0.315 e. The summed E-state index contributed by atoms with van der Waals surface area (Å²) in [5, 5.41) is 7.82. The molecule has 2 aliphatic rings. The van der Waals surface area contributed by atoms with E-state index in [1.807, 2.05) is 0 Å². The standard InChI is InChI=1S/C18H24FN5O4/c19-13-8-12(4-5-15(13)24-6-7-28-10-16(24)25)21-17(26)14(9-20)23-18(27)22-11-2-1-3-11/h4-5,8,11,14H,1-3,6-7,9-10,20H2,(H,21,26)(H2,22,23,27)/t14-/m0/s1. The molecule has 0 spiro atoms. The second-order valence-electron chi connectivity index (χ2n) is 6.79. The van der Waals surface area contributed by atoms with E-state index in [2.05, 4.69) is 16.0 Å². The van der Waals surface area contributed by atoms with E-state index < -0.39 is 23.8 Å². The Morgan fingerprint density at radius 2 is 2.14 bits per heavy atom. The van der Waals surface area contributed by atoms with Crippen LogP contribution in [0, 0.1) is 5.82 Å². The molecule has 1 heterocycles. The van der Waals surface area contributed by atoms with E-state index in [9.17, 15) is 18.8 Å². The highest BCUT2D eigenvalue weighted by molar-refractivity contribution is 5.98. The average Bonchev–Trinajstić information content (AvgIpc) is 2.63. The zero-order chi connectivity index (χ0) is 20.1. The number of morpholine rings is 1. The van der Waals surface area contributed by atoms with Crippen molar-refractivity contribution >= 4 is 29.2 Å². The van der Waals surface area contributed by atoms with Gasteiger partial charge in [-0.3, -0.25) is 9.59 Å². The number of benzene rings is 1. The third-order valence-electron chi connectivity index (χ3n) is 4.79. The van der Waals surface area contributed by atoms with Crippen LogP contribution >= 0.6 is 0 Å². The van der Waals surface area contributed by atoms with Gasteiger partial charge in [0.1, 0.15) is 18.5 Å². The van der Waals surface area contributed by atoms with Gasteiger partial charge >= 0.3 is 6.03 Å². The summed E-state index contributed by atoms with van der Waals surface area (Å²) >= 11 is 0. The number of hydrogen-bond donors (Lipinski definition) is 4. The van der Waals surface area contributed by atoms with Gasteiger partial charge in [0.15, 0.2) is 0 Å². The van der Waals surface area contributed by atoms with E-state index in [1.165, 1.54) is 17.0 Å². The van der Waals surface area contributed by atoms with Gasteiger partial charge in [-0.2, -0.15) is 0 Å². The van der Waals surface area contributed by atoms with E-state index in [-0.39, 0.29) is 43.0 Å². The summed E-state index contributed by atoms with van der Waals surface area (Å²) < 4.78 is 19.5. The third-order valence-corrected chi connectivity index (χ3v) is 4.79. The number of ether oxygens (including phenoxy) is 1. The van der Waals surface area contributed by atoms with Crippen LogP contribution < -0.4 is 26.6 Å². The van der Waals surface area contributed by atoms with Crippen molar-refractivity contribution < 1.29 is 23.5 Å². The van der Waals surface area contributed by atoms with Crippen molar-refractivity contribution in [2.75, 3.05) is 36.5 Å². The minimum absolute atomic E-state index is 0.0926. The number of anilines is 2. The molecule has 1 aromatic carbocycles. The molecular formula is C18H24FN5O4. The summed E-state index contributed by atoms with van der Waals surface area (Å²) in [5.41, 5.74) is 5.91. The molecule has 2 fully saturated rings. The van der Waals surface area contributed by atoms with Gasteiger partial charge in [0.25, 0.3) is 5.91 Å². The highest BCUT2D eigenvalue weighted by Gasteiger charge is 2.25. The minimum atomic E-state index is -0.955. The van der Waals surface area contributed by atoms with Gasteiger partial charge in [0, 0.05) is 24.8 Å². The number of urea groups is 1. The number of halogens is 1. The predicted octanol–water partition coefficient (Wildman–Crippen LogP) is 0.306. The van der Waals surface area contributed by atoms with Crippen LogP contribution in [0.4, 0.5) is 20.6 Å². The van der Waals surface area contributed by atoms with E-state index >= 15 is 0 Å². The smallest absolute Gasteiger partial charge is 0.315 e. The maximum atomic E-state index is 14.4. The van der Waals surface area contributed by atoms with Gasteiger partial charge < -0.3 is 31.3 Å². The molecule has 10 heteroatoms. The number of carbonyl (C=O) groups is 3. The van der Waals surface area contributed by atoms with Gasteiger partial charge in [-0.05, 0) is 37.5 Å². The molecule has 1 aromatic rings. The zero-order valence-electron chi connectivity index (χ0n) is 15.4. The van der Waals surface area contributed by atoms with Crippen LogP contribution in [0.15, 0.2) is 18.2 Å². The Morgan fingerprint density at radius 1 is 1.36 bits per heavy atom. The van der Waals surface area contributed by atoms with E-state index in [0.717, 1.165) is 25.3 Å². The highest BCUT2D eigenvalue weighted by atomic mass is 19.1. The van der Waals surface area contributed by atoms with Crippen LogP contribution in [0.2, 0.25) is 0 Å². The lowest BCUT2D eigenvalue weighted by molar-refractivity contribution is -0.125. The summed E-state index contributed by atoms with van der Waals surface area (Å²) in [4.78, 5) is 37.4. The number of nitrogens with one attached hydrogen (secondary N) is 3. The summed E-state index contributed by atoms with van der Waals surface area (Å²) in [6.07, 6.45) is 2.91. The monoisotopic (exact) mass is 393 g/mol. The Hall–Kier alpha value is -2.72. The van der Waals surface area contributed by atoms with Crippen molar-refractivity contribution in [2.45, 2.75) is 31.3 Å². The summed E-state index contributed by atoms with van der Waals surface area (Å²) in [7, 11) is 0. The quantitative estimate of drug-likeness (QED) is 0.553. The number of amides is 4. The van der Waals surface area contributed by atoms with E-state index in [1.54, 1.807) is 0 Å². The van der Waals surface area contributed by atoms with Crippen LogP contribution in [-0.4, -0.2) is 56.2 Å². The molecule has 1 aliphatic heterocycles. The topological polar surface area (TPSA) is 126 Å². The van der Waals surface area contributed by atoms with Gasteiger partial charge in [0.05, 0.1) is 12.3 Å². The molecule has 1 saturated carbocycles. The average molecular weight is 393 g/mol. The molecule has 5 N–H and O–H groups in total. The fraction of sp³-hybridized carbons (Fsp3) is 0.500. The van der Waals surface area contributed by atoms with Gasteiger partial charge in [0.2, 0.25) is 5.91 Å². The lowest BCUT2D eigenvalue weighted by atomic mass is 9.93. The second-order valence-corrected chi connectivity index (χ2v) is 6.79. The molecule has 0 unspecified atom stereocenters. The van der Waals surface area contributed by atoms with Crippen LogP contribution in [0.25, 0.3) is 0 Å². The van der Waals surface area contributed by atoms with Crippen LogP contribution in [0.1, 0.15) is 19.3 Å². The normalized spacial score (nSPS) is 18.2. The van der Waals surface area contributed by atoms with Gasteiger partial charge in [-0.15, -0.1) is 0 Å². The molecule has 28 heavy (non-hydrogen) atoms. The second kappa shape index (κ2) is 8.98. The van der Waals surface area contributed by atoms with Crippen LogP contribution in [0.3, 0.4) is 0 Å². The molecule has 4 amide bonds. The molecule has 0 radical (unpaired) electrons. The number of rotatable bonds is 6. The highest BCUT2D eigenvalue weighted by Crippen LogP contribution is 2.24. The van der Waals surface area contributed by atoms with Crippen molar-refractivity contribution in [1.29, 1.82) is 0 Å². The largest absolute Gasteiger partial charge is 0.370 e. The number of nitrogens with two attached hydrogens (primary N) is 1. The summed E-state index contributed by atoms with van der Waals surface area (Å²) in [6.45, 7) is 0.393. The van der Waals surface area contributed by atoms with Crippen LogP contribution in [-0.2, 0) is 14.3 Å². The fourth-order valence-corrected chi connectivity index (χ4v) is 2.98. The van der Waals surface area contributed by atoms with Gasteiger partial charge in [-0.1, -0.05) is 0 Å². The molecule has 0 aromatic heterocycles. The SMILES string of the molecule is NC[C@H](NC(=O)NC1CCC1)C(=O)Nc1ccc(N2CCOCC2=O)c(F)c1. The Morgan fingerprint density at radius 3 is 2.75 bits per heavy atom. The Balaban J connectivity index is 1.59. The van der Waals surface area contributed by atoms with Crippen molar-refractivity contribution in [2.24, 2.45) is 5.73 Å². The van der Waals surface area contributed by atoms with Crippen molar-refractivity contribution in [3.63, 3.8) is 0 Å². The Labute approximate surface area is 161 Å². The minimum Gasteiger partial charge on any atom is -0.370 e. The lowest BCUT2D eigenvalue weighted by Crippen LogP contribution is -2.54. The Kier molecular flexibility index (Phi) is 6.42. The van der Waals surface area contributed by atoms with Crippen LogP contribution in [0.5, 0.6) is 0 Å². The Bertz CT molecular complexity index is 755. The van der Waals surface area contributed by atoms with E-state index in [0.29, 0.717) is 6.61 Å². The molecule has 1 aliphatic carbocycles. The zero-order valence-corrected chi connectivity index (χ0v) is 15.4. The van der Waals surface area contributed by atoms with Crippen molar-refractivity contribution in [1.82, 2.24) is 10.6 Å². The molecule has 3 rings (SSSR count). The van der Waals surface area contributed by atoms with Gasteiger partial charge in [-0.25, -0.2) is 9.18 Å². The number of carbonyl (C=O) groups excluding carboxylic acids is 3. The molecule has 152 valence electrons. The van der Waals surface area contributed by atoms with E-state index in [4.69, 9.17) is 10.5 Å². The third kappa shape index (κ3) is 4.76. The molecule has 9 nitrogen and oxygen atoms in total. The maximum absolute atomic E-state index is 14.4. The molecule has 1 saturated heterocycles. The van der Waals surface area contributed by atoms with Crippen molar-refractivity contribution in [3.8, 4) is 0 Å². The first-order chi connectivity index (χ1) is 13.5. The summed E-state index contributed by atoms with van der Waals surface area (Å²) in [5.74, 6) is -1.53. The first kappa shape index (κ1) is 20.0. The predicted molar refractivity (Wildman–Crippen MR) is 100 cm³/mol. The summed E-state index contributed by atoms with van der Waals surface area (Å²) in [6, 6.07) is 2.75.